The number of hydrogen-bond acceptors (Lipinski definition) is 1. The third-order valence-electron chi connectivity index (χ3n) is 2.38. The van der Waals surface area contributed by atoms with Crippen LogP contribution in [0.2, 0.25) is 0 Å². The monoisotopic (exact) mass is 225 g/mol. The second kappa shape index (κ2) is 8.14. The molecule has 1 unspecified atom stereocenters. The number of allylic oxidation sites excluding steroid dienone is 2. The number of rotatable bonds is 6. The first-order chi connectivity index (χ1) is 7.45. The fraction of sp³-hybridized carbons (Fsp3) is 0.643. The van der Waals surface area contributed by atoms with E-state index >= 15 is 0 Å². The third-order valence-corrected chi connectivity index (χ3v) is 2.38. The van der Waals surface area contributed by atoms with Gasteiger partial charge in [-0.2, -0.15) is 0 Å². The molecule has 0 spiro atoms. The van der Waals surface area contributed by atoms with Crippen molar-refractivity contribution in [3.63, 3.8) is 0 Å². The van der Waals surface area contributed by atoms with E-state index in [1.165, 1.54) is 5.57 Å². The molecule has 1 N–H and O–H groups in total. The van der Waals surface area contributed by atoms with Crippen molar-refractivity contribution in [2.24, 2.45) is 11.8 Å². The van der Waals surface area contributed by atoms with Crippen LogP contribution < -0.4 is 5.32 Å². The molecule has 0 bridgehead atoms. The maximum absolute atomic E-state index is 10.9. The highest BCUT2D eigenvalue weighted by atomic mass is 16.1. The number of carbonyl (C=O) groups excluding carboxylic acids is 1. The molecule has 0 aromatic rings. The number of carbonyl (C=O) groups is 1. The van der Waals surface area contributed by atoms with Crippen LogP contribution in [0.15, 0.2) is 23.8 Å². The molecule has 2 heteroatoms. The van der Waals surface area contributed by atoms with Crippen LogP contribution in [0, 0.1) is 11.8 Å². The van der Waals surface area contributed by atoms with Gasteiger partial charge in [0.25, 0.3) is 0 Å². The molecule has 16 heavy (non-hydrogen) atoms. The van der Waals surface area contributed by atoms with Gasteiger partial charge in [-0.1, -0.05) is 52.3 Å². The highest BCUT2D eigenvalue weighted by Gasteiger charge is 1.99. The summed E-state index contributed by atoms with van der Waals surface area (Å²) in [6, 6.07) is 0. The zero-order chi connectivity index (χ0) is 12.6. The lowest BCUT2D eigenvalue weighted by molar-refractivity contribution is -0.118. The Kier molecular flexibility index (Phi) is 7.61. The van der Waals surface area contributed by atoms with Crippen molar-refractivity contribution in [2.45, 2.75) is 41.0 Å². The van der Waals surface area contributed by atoms with Gasteiger partial charge in [0.2, 0.25) is 5.91 Å². The Labute approximate surface area is 101 Å². The zero-order valence-electron chi connectivity index (χ0n) is 11.2. The van der Waals surface area contributed by atoms with E-state index in [2.05, 4.69) is 51.2 Å². The first-order valence-electron chi connectivity index (χ1n) is 6.09. The van der Waals surface area contributed by atoms with Gasteiger partial charge in [0.1, 0.15) is 0 Å². The predicted octanol–water partition coefficient (Wildman–Crippen LogP) is 3.55. The molecule has 2 nitrogen and oxygen atoms in total. The molecule has 0 aromatic carbocycles. The minimum atomic E-state index is 0. The zero-order valence-corrected chi connectivity index (χ0v) is 11.2. The Morgan fingerprint density at radius 2 is 2.00 bits per heavy atom. The minimum absolute atomic E-state index is 0. The normalized spacial score (nSPS) is 14.5. The molecule has 1 amide bonds. The maximum Gasteiger partial charge on any atom is 0.217 e. The smallest absolute Gasteiger partial charge is 0.217 e. The summed E-state index contributed by atoms with van der Waals surface area (Å²) in [5.41, 5.74) is 1.19. The van der Waals surface area contributed by atoms with Gasteiger partial charge < -0.3 is 5.32 Å². The lowest BCUT2D eigenvalue weighted by Gasteiger charge is -2.08. The molecule has 0 fully saturated rings. The molecule has 0 saturated heterocycles. The summed E-state index contributed by atoms with van der Waals surface area (Å²) in [5, 5.41) is 2.84. The van der Waals surface area contributed by atoms with Crippen LogP contribution in [0.1, 0.15) is 42.5 Å². The van der Waals surface area contributed by atoms with Crippen molar-refractivity contribution in [1.29, 1.82) is 0 Å². The van der Waals surface area contributed by atoms with Crippen LogP contribution in [0.3, 0.4) is 0 Å². The van der Waals surface area contributed by atoms with Crippen LogP contribution in [0.25, 0.3) is 0 Å². The Bertz CT molecular complexity index is 269. The van der Waals surface area contributed by atoms with E-state index in [0.717, 1.165) is 6.42 Å². The largest absolute Gasteiger partial charge is 0.352 e. The van der Waals surface area contributed by atoms with E-state index in [1.54, 1.807) is 6.92 Å². The topological polar surface area (TPSA) is 29.1 Å². The highest BCUT2D eigenvalue weighted by Crippen LogP contribution is 2.09. The summed E-state index contributed by atoms with van der Waals surface area (Å²) >= 11 is 0. The van der Waals surface area contributed by atoms with Crippen molar-refractivity contribution in [3.8, 4) is 0 Å². The molecule has 0 aliphatic heterocycles. The molecule has 0 radical (unpaired) electrons. The molecule has 0 aliphatic rings. The van der Waals surface area contributed by atoms with E-state index in [0.29, 0.717) is 18.4 Å². The SMILES string of the molecule is CCC(C)/C=C(\C=C/C(C)C)CNC(C)=O.[HH]. The number of nitrogens with one attached hydrogen (secondary N) is 1. The van der Waals surface area contributed by atoms with Gasteiger partial charge in [-0.3, -0.25) is 4.79 Å². The summed E-state index contributed by atoms with van der Waals surface area (Å²) in [5.74, 6) is 1.12. The Morgan fingerprint density at radius 3 is 2.44 bits per heavy atom. The molecule has 1 atom stereocenters. The minimum Gasteiger partial charge on any atom is -0.352 e. The molecule has 0 rings (SSSR count). The van der Waals surface area contributed by atoms with Gasteiger partial charge in [-0.25, -0.2) is 0 Å². The quantitative estimate of drug-likeness (QED) is 0.688. The molecule has 94 valence electrons. The van der Waals surface area contributed by atoms with Gasteiger partial charge in [0.05, 0.1) is 0 Å². The third kappa shape index (κ3) is 8.27. The predicted molar refractivity (Wildman–Crippen MR) is 72.3 cm³/mol. The average molecular weight is 225 g/mol. The van der Waals surface area contributed by atoms with E-state index < -0.39 is 0 Å². The fourth-order valence-corrected chi connectivity index (χ4v) is 1.20. The molecular formula is C14H27NO. The summed E-state index contributed by atoms with van der Waals surface area (Å²) in [7, 11) is 0. The van der Waals surface area contributed by atoms with Crippen LogP contribution in [-0.2, 0) is 4.79 Å². The summed E-state index contributed by atoms with van der Waals surface area (Å²) in [6.07, 6.45) is 7.64. The summed E-state index contributed by atoms with van der Waals surface area (Å²) < 4.78 is 0. The second-order valence-corrected chi connectivity index (χ2v) is 4.64. The van der Waals surface area contributed by atoms with E-state index in [4.69, 9.17) is 0 Å². The van der Waals surface area contributed by atoms with Crippen molar-refractivity contribution >= 4 is 5.91 Å². The van der Waals surface area contributed by atoms with Crippen LogP contribution >= 0.6 is 0 Å². The fourth-order valence-electron chi connectivity index (χ4n) is 1.20. The Morgan fingerprint density at radius 1 is 1.38 bits per heavy atom. The van der Waals surface area contributed by atoms with Crippen LogP contribution in [0.5, 0.6) is 0 Å². The van der Waals surface area contributed by atoms with Gasteiger partial charge in [0, 0.05) is 14.9 Å². The van der Waals surface area contributed by atoms with Crippen molar-refractivity contribution < 1.29 is 6.22 Å². The van der Waals surface area contributed by atoms with Gasteiger partial charge in [-0.05, 0) is 17.4 Å². The van der Waals surface area contributed by atoms with Crippen LogP contribution in [0.4, 0.5) is 0 Å². The number of hydrogen-bond donors (Lipinski definition) is 1. The lowest BCUT2D eigenvalue weighted by Crippen LogP contribution is -2.22. The molecule has 0 aliphatic carbocycles. The van der Waals surface area contributed by atoms with E-state index in [1.807, 2.05) is 0 Å². The van der Waals surface area contributed by atoms with Gasteiger partial charge >= 0.3 is 0 Å². The van der Waals surface area contributed by atoms with Crippen molar-refractivity contribution in [2.75, 3.05) is 6.54 Å². The maximum atomic E-state index is 10.9. The lowest BCUT2D eigenvalue weighted by atomic mass is 10.0. The first-order valence-corrected chi connectivity index (χ1v) is 6.09. The van der Waals surface area contributed by atoms with Gasteiger partial charge in [-0.15, -0.1) is 0 Å². The number of amides is 1. The van der Waals surface area contributed by atoms with Crippen LogP contribution in [-0.4, -0.2) is 12.5 Å². The highest BCUT2D eigenvalue weighted by molar-refractivity contribution is 5.73. The molecular weight excluding hydrogens is 198 g/mol. The standard InChI is InChI=1S/C14H25NO.H2/c1-6-12(4)9-14(8-7-11(2)3)10-15-13(5)16;/h7-9,11-12H,6,10H2,1-5H3,(H,15,16);1H/b8-7-,14-9+;. The first kappa shape index (κ1) is 14.9. The summed E-state index contributed by atoms with van der Waals surface area (Å²) in [6.45, 7) is 10.8. The molecule has 0 saturated carbocycles. The van der Waals surface area contributed by atoms with E-state index in [9.17, 15) is 4.79 Å². The second-order valence-electron chi connectivity index (χ2n) is 4.64. The molecule has 0 heterocycles. The molecule has 0 aromatic heterocycles. The van der Waals surface area contributed by atoms with E-state index in [-0.39, 0.29) is 7.33 Å². The Hall–Kier alpha value is -1.05. The van der Waals surface area contributed by atoms with Crippen molar-refractivity contribution in [3.05, 3.63) is 23.8 Å². The summed E-state index contributed by atoms with van der Waals surface area (Å²) in [4.78, 5) is 10.9. The Balaban J connectivity index is 0. The van der Waals surface area contributed by atoms with Crippen molar-refractivity contribution in [1.82, 2.24) is 5.32 Å². The average Bonchev–Trinajstić information content (AvgIpc) is 2.21. The van der Waals surface area contributed by atoms with Gasteiger partial charge in [0.15, 0.2) is 0 Å².